The molecular weight excluding hydrogens is 216 g/mol. The molecule has 0 saturated carbocycles. The molecule has 0 aliphatic carbocycles. The Bertz CT molecular complexity index is 349. The van der Waals surface area contributed by atoms with Gasteiger partial charge in [-0.1, -0.05) is 0 Å². The summed E-state index contributed by atoms with van der Waals surface area (Å²) in [4.78, 5) is 17.6. The highest BCUT2D eigenvalue weighted by molar-refractivity contribution is 7.15. The van der Waals surface area contributed by atoms with Crippen LogP contribution in [0.1, 0.15) is 10.6 Å². The molecule has 15 heavy (non-hydrogen) atoms. The second kappa shape index (κ2) is 5.09. The number of carbonyl (C=O) groups is 1. The van der Waals surface area contributed by atoms with Crippen molar-refractivity contribution in [3.05, 3.63) is 10.6 Å². The van der Waals surface area contributed by atoms with Gasteiger partial charge in [-0.15, -0.1) is 11.3 Å². The van der Waals surface area contributed by atoms with Gasteiger partial charge in [0.25, 0.3) is 0 Å². The van der Waals surface area contributed by atoms with E-state index in [4.69, 9.17) is 9.84 Å². The number of thiazole rings is 1. The van der Waals surface area contributed by atoms with Crippen molar-refractivity contribution in [2.45, 2.75) is 13.0 Å². The molecule has 84 valence electrons. The van der Waals surface area contributed by atoms with E-state index < -0.39 is 5.97 Å². The van der Waals surface area contributed by atoms with Crippen molar-refractivity contribution in [2.24, 2.45) is 0 Å². The standard InChI is InChI=1S/C9H14N2O3S/c1-11(2)9-10-6(5-14-3)7(15-9)4-8(12)13/h4-5H2,1-3H3,(H,12,13). The largest absolute Gasteiger partial charge is 0.481 e. The summed E-state index contributed by atoms with van der Waals surface area (Å²) in [5, 5.41) is 9.54. The van der Waals surface area contributed by atoms with Gasteiger partial charge in [-0.2, -0.15) is 0 Å². The Hall–Kier alpha value is -1.14. The van der Waals surface area contributed by atoms with E-state index in [1.54, 1.807) is 7.11 Å². The molecule has 1 rings (SSSR count). The van der Waals surface area contributed by atoms with Gasteiger partial charge in [-0.3, -0.25) is 4.79 Å². The third-order valence-corrected chi connectivity index (χ3v) is 3.01. The molecule has 0 radical (unpaired) electrons. The number of aromatic nitrogens is 1. The van der Waals surface area contributed by atoms with Crippen LogP contribution in [0.4, 0.5) is 5.13 Å². The quantitative estimate of drug-likeness (QED) is 0.817. The number of nitrogens with zero attached hydrogens (tertiary/aromatic N) is 2. The van der Waals surface area contributed by atoms with Crippen LogP contribution >= 0.6 is 11.3 Å². The van der Waals surface area contributed by atoms with Crippen molar-refractivity contribution in [3.63, 3.8) is 0 Å². The van der Waals surface area contributed by atoms with Crippen LogP contribution in [0.25, 0.3) is 0 Å². The van der Waals surface area contributed by atoms with Crippen molar-refractivity contribution in [2.75, 3.05) is 26.1 Å². The number of aliphatic carboxylic acids is 1. The Balaban J connectivity index is 2.94. The number of rotatable bonds is 5. The predicted molar refractivity (Wildman–Crippen MR) is 58.5 cm³/mol. The van der Waals surface area contributed by atoms with Crippen LogP contribution < -0.4 is 4.90 Å². The molecule has 0 unspecified atom stereocenters. The molecule has 0 aliphatic heterocycles. The van der Waals surface area contributed by atoms with E-state index in [9.17, 15) is 4.79 Å². The van der Waals surface area contributed by atoms with Crippen LogP contribution in [0.3, 0.4) is 0 Å². The van der Waals surface area contributed by atoms with Gasteiger partial charge in [0.05, 0.1) is 18.7 Å². The molecule has 0 aromatic carbocycles. The second-order valence-electron chi connectivity index (χ2n) is 3.26. The number of ether oxygens (including phenoxy) is 1. The third-order valence-electron chi connectivity index (χ3n) is 1.74. The van der Waals surface area contributed by atoms with Crippen molar-refractivity contribution in [1.29, 1.82) is 0 Å². The Morgan fingerprint density at radius 1 is 1.60 bits per heavy atom. The minimum atomic E-state index is -0.846. The van der Waals surface area contributed by atoms with Gasteiger partial charge in [0.2, 0.25) is 0 Å². The zero-order valence-electron chi connectivity index (χ0n) is 8.98. The number of methoxy groups -OCH3 is 1. The van der Waals surface area contributed by atoms with Crippen LogP contribution in [0, 0.1) is 0 Å². The molecule has 0 bridgehead atoms. The van der Waals surface area contributed by atoms with Gasteiger partial charge in [0, 0.05) is 26.1 Å². The lowest BCUT2D eigenvalue weighted by molar-refractivity contribution is -0.136. The minimum Gasteiger partial charge on any atom is -0.481 e. The lowest BCUT2D eigenvalue weighted by Gasteiger charge is -2.05. The minimum absolute atomic E-state index is 0.00417. The lowest BCUT2D eigenvalue weighted by atomic mass is 10.3. The number of carboxylic acids is 1. The molecular formula is C9H14N2O3S. The summed E-state index contributed by atoms with van der Waals surface area (Å²) in [5.41, 5.74) is 0.716. The second-order valence-corrected chi connectivity index (χ2v) is 4.33. The Kier molecular flexibility index (Phi) is 4.05. The van der Waals surface area contributed by atoms with E-state index in [0.717, 1.165) is 10.0 Å². The van der Waals surface area contributed by atoms with Crippen molar-refractivity contribution in [1.82, 2.24) is 4.98 Å². The molecule has 0 saturated heterocycles. The molecule has 1 heterocycles. The lowest BCUT2D eigenvalue weighted by Crippen LogP contribution is -2.08. The SMILES string of the molecule is COCc1nc(N(C)C)sc1CC(=O)O. The zero-order chi connectivity index (χ0) is 11.4. The van der Waals surface area contributed by atoms with E-state index in [1.807, 2.05) is 19.0 Å². The Morgan fingerprint density at radius 3 is 2.73 bits per heavy atom. The summed E-state index contributed by atoms with van der Waals surface area (Å²) >= 11 is 1.39. The Morgan fingerprint density at radius 2 is 2.27 bits per heavy atom. The van der Waals surface area contributed by atoms with Gasteiger partial charge in [-0.05, 0) is 0 Å². The molecule has 6 heteroatoms. The van der Waals surface area contributed by atoms with Crippen LogP contribution in [-0.2, 0) is 22.6 Å². The van der Waals surface area contributed by atoms with Gasteiger partial charge < -0.3 is 14.7 Å². The molecule has 0 aliphatic rings. The van der Waals surface area contributed by atoms with Crippen LogP contribution in [0.15, 0.2) is 0 Å². The van der Waals surface area contributed by atoms with Crippen molar-refractivity contribution >= 4 is 22.4 Å². The zero-order valence-corrected chi connectivity index (χ0v) is 9.80. The highest BCUT2D eigenvalue weighted by Gasteiger charge is 2.14. The molecule has 0 amide bonds. The first-order valence-corrected chi connectivity index (χ1v) is 5.23. The average Bonchev–Trinajstić information content (AvgIpc) is 2.48. The van der Waals surface area contributed by atoms with E-state index >= 15 is 0 Å². The van der Waals surface area contributed by atoms with E-state index in [0.29, 0.717) is 12.3 Å². The van der Waals surface area contributed by atoms with Crippen LogP contribution in [0.2, 0.25) is 0 Å². The number of anilines is 1. The van der Waals surface area contributed by atoms with Gasteiger partial charge in [0.1, 0.15) is 0 Å². The van der Waals surface area contributed by atoms with Crippen molar-refractivity contribution < 1.29 is 14.6 Å². The van der Waals surface area contributed by atoms with E-state index in [2.05, 4.69) is 4.98 Å². The first-order valence-electron chi connectivity index (χ1n) is 4.41. The molecule has 0 spiro atoms. The summed E-state index contributed by atoms with van der Waals surface area (Å²) in [6.07, 6.45) is 0.00417. The van der Waals surface area contributed by atoms with E-state index in [1.165, 1.54) is 11.3 Å². The monoisotopic (exact) mass is 230 g/mol. The maximum atomic E-state index is 10.6. The maximum Gasteiger partial charge on any atom is 0.308 e. The summed E-state index contributed by atoms with van der Waals surface area (Å²) in [5.74, 6) is -0.846. The highest BCUT2D eigenvalue weighted by atomic mass is 32.1. The fourth-order valence-corrected chi connectivity index (χ4v) is 2.06. The summed E-state index contributed by atoms with van der Waals surface area (Å²) in [6, 6.07) is 0. The van der Waals surface area contributed by atoms with Gasteiger partial charge >= 0.3 is 5.97 Å². The highest BCUT2D eigenvalue weighted by Crippen LogP contribution is 2.25. The summed E-state index contributed by atoms with van der Waals surface area (Å²) in [7, 11) is 5.32. The summed E-state index contributed by atoms with van der Waals surface area (Å²) in [6.45, 7) is 0.354. The summed E-state index contributed by atoms with van der Waals surface area (Å²) < 4.78 is 4.98. The topological polar surface area (TPSA) is 62.7 Å². The van der Waals surface area contributed by atoms with Gasteiger partial charge in [-0.25, -0.2) is 4.98 Å². The first kappa shape index (κ1) is 11.9. The van der Waals surface area contributed by atoms with Crippen LogP contribution in [0.5, 0.6) is 0 Å². The molecule has 5 nitrogen and oxygen atoms in total. The molecule has 1 aromatic heterocycles. The molecule has 1 N–H and O–H groups in total. The van der Waals surface area contributed by atoms with Crippen LogP contribution in [-0.4, -0.2) is 37.3 Å². The van der Waals surface area contributed by atoms with Gasteiger partial charge in [0.15, 0.2) is 5.13 Å². The predicted octanol–water partition coefficient (Wildman–Crippen LogP) is 0.983. The normalized spacial score (nSPS) is 10.3. The number of carboxylic acid groups (broad SMARTS) is 1. The average molecular weight is 230 g/mol. The smallest absolute Gasteiger partial charge is 0.308 e. The molecule has 0 fully saturated rings. The number of hydrogen-bond donors (Lipinski definition) is 1. The number of hydrogen-bond acceptors (Lipinski definition) is 5. The molecule has 0 atom stereocenters. The first-order chi connectivity index (χ1) is 7.04. The van der Waals surface area contributed by atoms with E-state index in [-0.39, 0.29) is 6.42 Å². The fourth-order valence-electron chi connectivity index (χ4n) is 1.09. The van der Waals surface area contributed by atoms with Crippen molar-refractivity contribution in [3.8, 4) is 0 Å². The maximum absolute atomic E-state index is 10.6. The third kappa shape index (κ3) is 3.17. The Labute approximate surface area is 92.3 Å². The fraction of sp³-hybridized carbons (Fsp3) is 0.556. The molecule has 1 aromatic rings.